The van der Waals surface area contributed by atoms with E-state index in [2.05, 4.69) is 15.6 Å². The van der Waals surface area contributed by atoms with Gasteiger partial charge in [0.05, 0.1) is 0 Å². The minimum atomic E-state index is -0.117. The SMILES string of the molecule is Cc1cc(=O)c(C(=O)N2CCCCC2)c(CC2CCCC2)n1Cc1cccnc1. The van der Waals surface area contributed by atoms with Gasteiger partial charge in [-0.25, -0.2) is 0 Å². The molecule has 0 bridgehead atoms. The maximum absolute atomic E-state index is 13.4. The van der Waals surface area contributed by atoms with Crippen LogP contribution in [-0.4, -0.2) is 33.4 Å². The van der Waals surface area contributed by atoms with Crippen LogP contribution in [0.25, 0.3) is 0 Å². The molecule has 2 aromatic rings. The summed E-state index contributed by atoms with van der Waals surface area (Å²) in [5.41, 5.74) is 3.23. The molecule has 0 N–H and O–H groups in total. The second-order valence-corrected chi connectivity index (χ2v) is 8.63. The zero-order chi connectivity index (χ0) is 20.2. The first-order chi connectivity index (χ1) is 14.1. The molecule has 0 radical (unpaired) electrons. The van der Waals surface area contributed by atoms with E-state index < -0.39 is 0 Å². The smallest absolute Gasteiger partial charge is 0.259 e. The molecule has 2 aromatic heterocycles. The number of pyridine rings is 2. The van der Waals surface area contributed by atoms with Gasteiger partial charge in [-0.2, -0.15) is 0 Å². The molecule has 29 heavy (non-hydrogen) atoms. The molecule has 2 fully saturated rings. The molecule has 1 amide bonds. The number of nitrogens with zero attached hydrogens (tertiary/aromatic N) is 3. The minimum absolute atomic E-state index is 0.0670. The first kappa shape index (κ1) is 19.9. The summed E-state index contributed by atoms with van der Waals surface area (Å²) in [6.45, 7) is 4.14. The lowest BCUT2D eigenvalue weighted by atomic mass is 9.96. The van der Waals surface area contributed by atoms with E-state index in [4.69, 9.17) is 0 Å². The van der Waals surface area contributed by atoms with Crippen molar-refractivity contribution in [3.63, 3.8) is 0 Å². The van der Waals surface area contributed by atoms with E-state index in [1.165, 1.54) is 25.7 Å². The predicted octanol–water partition coefficient (Wildman–Crippen LogP) is 3.96. The summed E-state index contributed by atoms with van der Waals surface area (Å²) in [5, 5.41) is 0. The van der Waals surface area contributed by atoms with E-state index in [1.54, 1.807) is 12.3 Å². The molecule has 0 spiro atoms. The topological polar surface area (TPSA) is 55.2 Å². The van der Waals surface area contributed by atoms with E-state index in [9.17, 15) is 9.59 Å². The van der Waals surface area contributed by atoms with Crippen LogP contribution >= 0.6 is 0 Å². The normalized spacial score (nSPS) is 17.6. The Kier molecular flexibility index (Phi) is 6.12. The first-order valence-electron chi connectivity index (χ1n) is 11.0. The van der Waals surface area contributed by atoms with Crippen LogP contribution in [0.4, 0.5) is 0 Å². The molecule has 4 rings (SSSR count). The molecule has 5 nitrogen and oxygen atoms in total. The Morgan fingerprint density at radius 1 is 1.14 bits per heavy atom. The fraction of sp³-hybridized carbons (Fsp3) is 0.542. The fourth-order valence-electron chi connectivity index (χ4n) is 4.91. The minimum Gasteiger partial charge on any atom is -0.343 e. The van der Waals surface area contributed by atoms with Crippen LogP contribution in [0, 0.1) is 12.8 Å². The highest BCUT2D eigenvalue weighted by atomic mass is 16.2. The van der Waals surface area contributed by atoms with Crippen molar-refractivity contribution in [3.8, 4) is 0 Å². The lowest BCUT2D eigenvalue weighted by Gasteiger charge is -2.29. The van der Waals surface area contributed by atoms with Gasteiger partial charge < -0.3 is 9.47 Å². The van der Waals surface area contributed by atoms with E-state index >= 15 is 0 Å². The average molecular weight is 394 g/mol. The summed E-state index contributed by atoms with van der Waals surface area (Å²) >= 11 is 0. The van der Waals surface area contributed by atoms with E-state index in [-0.39, 0.29) is 11.3 Å². The number of amides is 1. The zero-order valence-electron chi connectivity index (χ0n) is 17.4. The Bertz CT molecular complexity index is 908. The molecule has 0 unspecified atom stereocenters. The van der Waals surface area contributed by atoms with Crippen LogP contribution in [0.15, 0.2) is 35.4 Å². The van der Waals surface area contributed by atoms with Crippen LogP contribution in [0.3, 0.4) is 0 Å². The maximum atomic E-state index is 13.4. The Labute approximate surface area is 172 Å². The molecular formula is C24H31N3O2. The number of likely N-dealkylation sites (tertiary alicyclic amines) is 1. The van der Waals surface area contributed by atoms with Crippen LogP contribution in [0.5, 0.6) is 0 Å². The van der Waals surface area contributed by atoms with Crippen LogP contribution in [0.1, 0.15) is 72.3 Å². The van der Waals surface area contributed by atoms with E-state index in [1.807, 2.05) is 24.1 Å². The first-order valence-corrected chi connectivity index (χ1v) is 11.0. The van der Waals surface area contributed by atoms with Gasteiger partial charge in [-0.1, -0.05) is 31.7 Å². The Hall–Kier alpha value is -2.43. The van der Waals surface area contributed by atoms with Crippen LogP contribution in [-0.2, 0) is 13.0 Å². The fourth-order valence-corrected chi connectivity index (χ4v) is 4.91. The zero-order valence-corrected chi connectivity index (χ0v) is 17.4. The van der Waals surface area contributed by atoms with Gasteiger partial charge in [0.1, 0.15) is 5.56 Å². The quantitative estimate of drug-likeness (QED) is 0.773. The van der Waals surface area contributed by atoms with Crippen molar-refractivity contribution in [1.29, 1.82) is 0 Å². The van der Waals surface area contributed by atoms with Crippen molar-refractivity contribution in [3.05, 3.63) is 63.3 Å². The molecule has 0 atom stereocenters. The molecule has 5 heteroatoms. The highest BCUT2D eigenvalue weighted by molar-refractivity contribution is 5.95. The molecule has 1 aliphatic carbocycles. The van der Waals surface area contributed by atoms with Gasteiger partial charge in [-0.3, -0.25) is 14.6 Å². The summed E-state index contributed by atoms with van der Waals surface area (Å²) in [7, 11) is 0. The molecular weight excluding hydrogens is 362 g/mol. The third-order valence-electron chi connectivity index (χ3n) is 6.50. The van der Waals surface area contributed by atoms with Gasteiger partial charge in [0.15, 0.2) is 5.43 Å². The van der Waals surface area contributed by atoms with Gasteiger partial charge in [0.25, 0.3) is 5.91 Å². The standard InChI is InChI=1S/C24H31N3O2/c1-18-14-22(28)23(24(29)26-12-5-2-6-13-26)21(15-19-8-3-4-9-19)27(18)17-20-10-7-11-25-16-20/h7,10-11,14,16,19H,2-6,8-9,12-13,15,17H2,1H3. The van der Waals surface area contributed by atoms with Crippen molar-refractivity contribution < 1.29 is 4.79 Å². The van der Waals surface area contributed by atoms with Crippen molar-refractivity contribution in [2.45, 2.75) is 64.8 Å². The Balaban J connectivity index is 1.78. The number of aromatic nitrogens is 2. The van der Waals surface area contributed by atoms with Crippen molar-refractivity contribution in [2.75, 3.05) is 13.1 Å². The highest BCUT2D eigenvalue weighted by Crippen LogP contribution is 2.29. The Morgan fingerprint density at radius 2 is 1.90 bits per heavy atom. The van der Waals surface area contributed by atoms with E-state index in [0.717, 1.165) is 55.7 Å². The summed E-state index contributed by atoms with van der Waals surface area (Å²) in [4.78, 5) is 32.6. The number of hydrogen-bond donors (Lipinski definition) is 0. The summed E-state index contributed by atoms with van der Waals surface area (Å²) < 4.78 is 2.19. The van der Waals surface area contributed by atoms with Gasteiger partial charge >= 0.3 is 0 Å². The molecule has 1 saturated carbocycles. The number of piperidine rings is 1. The maximum Gasteiger partial charge on any atom is 0.259 e. The number of carbonyl (C=O) groups excluding carboxylic acids is 1. The predicted molar refractivity (Wildman–Crippen MR) is 114 cm³/mol. The third kappa shape index (κ3) is 4.44. The van der Waals surface area contributed by atoms with Gasteiger partial charge in [-0.15, -0.1) is 0 Å². The molecule has 0 aromatic carbocycles. The molecule has 1 saturated heterocycles. The lowest BCUT2D eigenvalue weighted by Crippen LogP contribution is -2.40. The summed E-state index contributed by atoms with van der Waals surface area (Å²) in [5.74, 6) is 0.492. The largest absolute Gasteiger partial charge is 0.343 e. The lowest BCUT2D eigenvalue weighted by molar-refractivity contribution is 0.0720. The highest BCUT2D eigenvalue weighted by Gasteiger charge is 2.28. The summed E-state index contributed by atoms with van der Waals surface area (Å²) in [6.07, 6.45) is 12.5. The molecule has 2 aliphatic rings. The summed E-state index contributed by atoms with van der Waals surface area (Å²) in [6, 6.07) is 5.63. The molecule has 154 valence electrons. The Morgan fingerprint density at radius 3 is 2.59 bits per heavy atom. The van der Waals surface area contributed by atoms with Crippen molar-refractivity contribution >= 4 is 5.91 Å². The number of aryl methyl sites for hydroxylation is 1. The second-order valence-electron chi connectivity index (χ2n) is 8.63. The van der Waals surface area contributed by atoms with Crippen molar-refractivity contribution in [2.24, 2.45) is 5.92 Å². The number of rotatable bonds is 5. The van der Waals surface area contributed by atoms with Gasteiger partial charge in [-0.05, 0) is 50.2 Å². The number of carbonyl (C=O) groups is 1. The van der Waals surface area contributed by atoms with E-state index in [0.29, 0.717) is 18.0 Å². The molecule has 1 aliphatic heterocycles. The monoisotopic (exact) mass is 393 g/mol. The van der Waals surface area contributed by atoms with Gasteiger partial charge in [0, 0.05) is 49.5 Å². The average Bonchev–Trinajstić information content (AvgIpc) is 3.25. The van der Waals surface area contributed by atoms with Crippen LogP contribution < -0.4 is 5.43 Å². The number of hydrogen-bond acceptors (Lipinski definition) is 3. The van der Waals surface area contributed by atoms with Crippen molar-refractivity contribution in [1.82, 2.24) is 14.5 Å². The third-order valence-corrected chi connectivity index (χ3v) is 6.50. The second kappa shape index (κ2) is 8.93. The van der Waals surface area contributed by atoms with Crippen LogP contribution in [0.2, 0.25) is 0 Å². The van der Waals surface area contributed by atoms with Gasteiger partial charge in [0.2, 0.25) is 0 Å². The molecule has 3 heterocycles.